The number of nitrogens with zero attached hydrogens (tertiary/aromatic N) is 2. The highest BCUT2D eigenvalue weighted by Gasteiger charge is 2.09. The molecule has 0 aliphatic carbocycles. The van der Waals surface area contributed by atoms with Crippen molar-refractivity contribution in [2.45, 2.75) is 12.8 Å². The number of aromatic nitrogens is 1. The molecule has 0 aliphatic rings. The van der Waals surface area contributed by atoms with Crippen molar-refractivity contribution < 1.29 is 3.07 Å². The molecule has 0 bridgehead atoms. The molecule has 1 atom stereocenters. The van der Waals surface area contributed by atoms with Gasteiger partial charge in [-0.15, -0.1) is 0 Å². The van der Waals surface area contributed by atoms with Gasteiger partial charge in [-0.1, -0.05) is 25.1 Å². The van der Waals surface area contributed by atoms with Gasteiger partial charge in [0.25, 0.3) is 0 Å². The summed E-state index contributed by atoms with van der Waals surface area (Å²) in [4.78, 5) is 4.20. The Bertz CT molecular complexity index is 558. The molecule has 3 nitrogen and oxygen atoms in total. The maximum atomic E-state index is 8.77. The molecule has 1 heterocycles. The summed E-state index contributed by atoms with van der Waals surface area (Å²) in [6.45, 7) is 2.11. The molecule has 1 unspecified atom stereocenters. The topological polar surface area (TPSA) is 45.9 Å². The van der Waals surface area contributed by atoms with E-state index in [9.17, 15) is 0 Å². The molecule has 90 valence electrons. The van der Waals surface area contributed by atoms with Gasteiger partial charge in [-0.3, -0.25) is 0 Å². The zero-order valence-electron chi connectivity index (χ0n) is 9.80. The first kappa shape index (κ1) is 12.8. The van der Waals surface area contributed by atoms with Crippen LogP contribution < -0.4 is 3.07 Å². The molecule has 0 spiro atoms. The fourth-order valence-corrected chi connectivity index (χ4v) is 1.99. The molecule has 1 aromatic carbocycles. The average Bonchev–Trinajstić information content (AvgIpc) is 2.47. The molecule has 0 amide bonds. The summed E-state index contributed by atoms with van der Waals surface area (Å²) < 4.78 is 5.01. The molecule has 0 fully saturated rings. The number of benzene rings is 1. The van der Waals surface area contributed by atoms with E-state index in [0.717, 1.165) is 5.56 Å². The summed E-state index contributed by atoms with van der Waals surface area (Å²) in [6, 6.07) is 13.6. The van der Waals surface area contributed by atoms with Crippen molar-refractivity contribution in [1.29, 1.82) is 5.26 Å². The van der Waals surface area contributed by atoms with Gasteiger partial charge < -0.3 is 3.07 Å². The highest BCUT2D eigenvalue weighted by Crippen LogP contribution is 2.25. The molecular formula is C14H11IN2O. The van der Waals surface area contributed by atoms with Crippen molar-refractivity contribution in [2.24, 2.45) is 0 Å². The van der Waals surface area contributed by atoms with Crippen molar-refractivity contribution in [1.82, 2.24) is 4.98 Å². The minimum Gasteiger partial charge on any atom is -0.408 e. The van der Waals surface area contributed by atoms with Crippen LogP contribution in [0.4, 0.5) is 0 Å². The van der Waals surface area contributed by atoms with Crippen LogP contribution in [0.15, 0.2) is 42.6 Å². The highest BCUT2D eigenvalue weighted by atomic mass is 127. The lowest BCUT2D eigenvalue weighted by atomic mass is 9.94. The Morgan fingerprint density at radius 3 is 2.33 bits per heavy atom. The summed E-state index contributed by atoms with van der Waals surface area (Å²) in [5.74, 6) is 0.847. The van der Waals surface area contributed by atoms with Gasteiger partial charge in [0.05, 0.1) is 11.6 Å². The van der Waals surface area contributed by atoms with Crippen LogP contribution >= 0.6 is 23.0 Å². The predicted octanol–water partition coefficient (Wildman–Crippen LogP) is 3.83. The Balaban J connectivity index is 2.23. The second-order valence-corrected chi connectivity index (χ2v) is 4.40. The van der Waals surface area contributed by atoms with E-state index < -0.39 is 0 Å². The summed E-state index contributed by atoms with van der Waals surface area (Å²) in [7, 11) is 0. The largest absolute Gasteiger partial charge is 0.408 e. The van der Waals surface area contributed by atoms with Crippen LogP contribution in [0, 0.1) is 11.3 Å². The summed E-state index contributed by atoms with van der Waals surface area (Å²) in [6.07, 6.45) is 1.82. The molecule has 1 aromatic heterocycles. The van der Waals surface area contributed by atoms with Gasteiger partial charge in [0.1, 0.15) is 0 Å². The monoisotopic (exact) mass is 350 g/mol. The Morgan fingerprint density at radius 1 is 1.17 bits per heavy atom. The van der Waals surface area contributed by atoms with E-state index in [1.807, 2.05) is 65.6 Å². The third kappa shape index (κ3) is 2.79. The lowest BCUT2D eigenvalue weighted by Gasteiger charge is -2.12. The van der Waals surface area contributed by atoms with E-state index in [2.05, 4.69) is 18.0 Å². The van der Waals surface area contributed by atoms with Gasteiger partial charge in [0.15, 0.2) is 23.0 Å². The summed E-state index contributed by atoms with van der Waals surface area (Å²) in [5.41, 5.74) is 2.97. The minimum atomic E-state index is 0.244. The van der Waals surface area contributed by atoms with Crippen LogP contribution in [-0.4, -0.2) is 4.98 Å². The van der Waals surface area contributed by atoms with Crippen LogP contribution in [0.3, 0.4) is 0 Å². The molecule has 0 saturated carbocycles. The molecule has 0 radical (unpaired) electrons. The van der Waals surface area contributed by atoms with Crippen LogP contribution in [0.2, 0.25) is 0 Å². The van der Waals surface area contributed by atoms with Crippen molar-refractivity contribution >= 4 is 23.0 Å². The van der Waals surface area contributed by atoms with E-state index in [1.165, 1.54) is 5.56 Å². The zero-order chi connectivity index (χ0) is 13.0. The normalized spacial score (nSPS) is 11.6. The van der Waals surface area contributed by atoms with Gasteiger partial charge in [-0.05, 0) is 23.3 Å². The van der Waals surface area contributed by atoms with Crippen LogP contribution in [0.1, 0.15) is 29.5 Å². The van der Waals surface area contributed by atoms with E-state index in [0.29, 0.717) is 11.4 Å². The van der Waals surface area contributed by atoms with Crippen molar-refractivity contribution in [2.75, 3.05) is 0 Å². The Kier molecular flexibility index (Phi) is 4.15. The van der Waals surface area contributed by atoms with E-state index in [-0.39, 0.29) is 5.92 Å². The zero-order valence-corrected chi connectivity index (χ0v) is 12.0. The predicted molar refractivity (Wildman–Crippen MR) is 77.6 cm³/mol. The van der Waals surface area contributed by atoms with E-state index >= 15 is 0 Å². The third-order valence-electron chi connectivity index (χ3n) is 2.88. The van der Waals surface area contributed by atoms with Crippen molar-refractivity contribution in [3.8, 4) is 11.9 Å². The van der Waals surface area contributed by atoms with Gasteiger partial charge >= 0.3 is 0 Å². The Hall–Kier alpha value is -1.61. The summed E-state index contributed by atoms with van der Waals surface area (Å²) >= 11 is 1.81. The fourth-order valence-electron chi connectivity index (χ4n) is 1.73. The van der Waals surface area contributed by atoms with E-state index in [4.69, 9.17) is 8.33 Å². The quantitative estimate of drug-likeness (QED) is 0.791. The molecular weight excluding hydrogens is 339 g/mol. The maximum absolute atomic E-state index is 8.77. The van der Waals surface area contributed by atoms with Crippen LogP contribution in [-0.2, 0) is 0 Å². The Labute approximate surface area is 120 Å². The van der Waals surface area contributed by atoms with Gasteiger partial charge in [-0.25, -0.2) is 4.98 Å². The average molecular weight is 350 g/mol. The van der Waals surface area contributed by atoms with Gasteiger partial charge in [0.2, 0.25) is 5.88 Å². The number of pyridine rings is 1. The second kappa shape index (κ2) is 5.83. The van der Waals surface area contributed by atoms with Crippen molar-refractivity contribution in [3.05, 3.63) is 59.3 Å². The van der Waals surface area contributed by atoms with E-state index in [1.54, 1.807) is 0 Å². The molecule has 4 heteroatoms. The van der Waals surface area contributed by atoms with Gasteiger partial charge in [0, 0.05) is 18.2 Å². The first-order valence-corrected chi connectivity index (χ1v) is 6.37. The summed E-state index contributed by atoms with van der Waals surface area (Å²) in [5, 5.41) is 8.77. The molecule has 2 aromatic rings. The lowest BCUT2D eigenvalue weighted by Crippen LogP contribution is -1.97. The third-order valence-corrected chi connectivity index (χ3v) is 3.33. The number of nitriles is 1. The number of halogens is 1. The first-order valence-electron chi connectivity index (χ1n) is 5.49. The Morgan fingerprint density at radius 2 is 1.83 bits per heavy atom. The number of hydrogen-bond acceptors (Lipinski definition) is 3. The number of hydrogen-bond donors (Lipinski definition) is 0. The first-order chi connectivity index (χ1) is 8.74. The SMILES string of the molecule is CC(c1ccc(C#N)cc1)c1ccc(OI)nc1. The minimum absolute atomic E-state index is 0.244. The van der Waals surface area contributed by atoms with Crippen LogP contribution in [0.5, 0.6) is 5.88 Å². The molecule has 2 rings (SSSR count). The highest BCUT2D eigenvalue weighted by molar-refractivity contribution is 14.1. The molecule has 0 N–H and O–H groups in total. The van der Waals surface area contributed by atoms with Crippen molar-refractivity contribution in [3.63, 3.8) is 0 Å². The fraction of sp³-hybridized carbons (Fsp3) is 0.143. The molecule has 0 saturated heterocycles. The molecule has 18 heavy (non-hydrogen) atoms. The maximum Gasteiger partial charge on any atom is 0.224 e. The lowest BCUT2D eigenvalue weighted by molar-refractivity contribution is 0.678. The standard InChI is InChI=1S/C14H11IN2O/c1-10(12-4-2-11(8-16)3-5-12)13-6-7-14(18-15)17-9-13/h2-7,9-10H,1H3. The van der Waals surface area contributed by atoms with Gasteiger partial charge in [-0.2, -0.15) is 5.26 Å². The molecule has 0 aliphatic heterocycles. The number of rotatable bonds is 3. The van der Waals surface area contributed by atoms with Crippen LogP contribution in [0.25, 0.3) is 0 Å². The second-order valence-electron chi connectivity index (χ2n) is 3.96. The smallest absolute Gasteiger partial charge is 0.224 e.